The van der Waals surface area contributed by atoms with Gasteiger partial charge in [0.2, 0.25) is 0 Å². The highest BCUT2D eigenvalue weighted by molar-refractivity contribution is 6.29. The first-order valence-corrected chi connectivity index (χ1v) is 5.58. The fraction of sp³-hybridized carbons (Fsp3) is 0.455. The van der Waals surface area contributed by atoms with E-state index in [0.29, 0.717) is 18.0 Å². The predicted molar refractivity (Wildman–Crippen MR) is 65.4 cm³/mol. The van der Waals surface area contributed by atoms with Crippen LogP contribution in [0.5, 0.6) is 0 Å². The van der Waals surface area contributed by atoms with Crippen molar-refractivity contribution >= 4 is 23.3 Å². The number of halogens is 1. The largest absolute Gasteiger partial charge is 0.384 e. The van der Waals surface area contributed by atoms with E-state index in [1.54, 1.807) is 0 Å². The summed E-state index contributed by atoms with van der Waals surface area (Å²) in [7, 11) is 0. The van der Waals surface area contributed by atoms with Crippen LogP contribution in [0, 0.1) is 5.92 Å². The van der Waals surface area contributed by atoms with E-state index >= 15 is 0 Å². The molecule has 1 amide bonds. The molecule has 0 radical (unpaired) electrons. The summed E-state index contributed by atoms with van der Waals surface area (Å²) in [6.07, 6.45) is 0.944. The Morgan fingerprint density at radius 1 is 1.56 bits per heavy atom. The van der Waals surface area contributed by atoms with E-state index in [9.17, 15) is 4.79 Å². The molecule has 0 aromatic carbocycles. The van der Waals surface area contributed by atoms with Crippen molar-refractivity contribution in [3.63, 3.8) is 0 Å². The summed E-state index contributed by atoms with van der Waals surface area (Å²) < 4.78 is 0. The van der Waals surface area contributed by atoms with Gasteiger partial charge in [-0.3, -0.25) is 4.79 Å². The van der Waals surface area contributed by atoms with Crippen LogP contribution in [0.1, 0.15) is 30.6 Å². The van der Waals surface area contributed by atoms with Crippen LogP contribution in [0.25, 0.3) is 0 Å². The van der Waals surface area contributed by atoms with E-state index in [1.807, 2.05) is 0 Å². The standard InChI is InChI=1S/C11H16ClN3O/c1-7(2)3-4-14-11(16)8-5-9(12)15-10(13)6-8/h5-7H,3-4H2,1-2H3,(H2,13,15)(H,14,16). The summed E-state index contributed by atoms with van der Waals surface area (Å²) in [6, 6.07) is 3.01. The van der Waals surface area contributed by atoms with E-state index in [-0.39, 0.29) is 16.9 Å². The van der Waals surface area contributed by atoms with E-state index in [0.717, 1.165) is 6.42 Å². The molecule has 88 valence electrons. The monoisotopic (exact) mass is 241 g/mol. The zero-order valence-electron chi connectivity index (χ0n) is 9.46. The molecule has 0 spiro atoms. The second-order valence-corrected chi connectivity index (χ2v) is 4.43. The minimum Gasteiger partial charge on any atom is -0.384 e. The van der Waals surface area contributed by atoms with E-state index < -0.39 is 0 Å². The van der Waals surface area contributed by atoms with Gasteiger partial charge in [-0.15, -0.1) is 0 Å². The van der Waals surface area contributed by atoms with Gasteiger partial charge in [-0.1, -0.05) is 25.4 Å². The third-order valence-corrected chi connectivity index (χ3v) is 2.28. The third kappa shape index (κ3) is 4.06. The van der Waals surface area contributed by atoms with Gasteiger partial charge in [-0.05, 0) is 24.5 Å². The molecule has 0 bridgehead atoms. The highest BCUT2D eigenvalue weighted by atomic mass is 35.5. The lowest BCUT2D eigenvalue weighted by atomic mass is 10.1. The fourth-order valence-corrected chi connectivity index (χ4v) is 1.44. The fourth-order valence-electron chi connectivity index (χ4n) is 1.22. The van der Waals surface area contributed by atoms with Gasteiger partial charge in [0.1, 0.15) is 11.0 Å². The number of nitrogens with two attached hydrogens (primary N) is 1. The Morgan fingerprint density at radius 2 is 2.25 bits per heavy atom. The first kappa shape index (κ1) is 12.8. The normalized spacial score (nSPS) is 10.5. The molecule has 1 aromatic heterocycles. The number of amides is 1. The number of carbonyl (C=O) groups excluding carboxylic acids is 1. The molecule has 1 aromatic rings. The minimum atomic E-state index is -0.170. The van der Waals surface area contributed by atoms with Crippen molar-refractivity contribution in [1.82, 2.24) is 10.3 Å². The number of aromatic nitrogens is 1. The van der Waals surface area contributed by atoms with Crippen LogP contribution >= 0.6 is 11.6 Å². The van der Waals surface area contributed by atoms with Gasteiger partial charge >= 0.3 is 0 Å². The van der Waals surface area contributed by atoms with Crippen LogP contribution in [0.4, 0.5) is 5.82 Å². The molecule has 16 heavy (non-hydrogen) atoms. The Kier molecular flexibility index (Phi) is 4.55. The van der Waals surface area contributed by atoms with Crippen molar-refractivity contribution < 1.29 is 4.79 Å². The molecule has 0 aliphatic rings. The van der Waals surface area contributed by atoms with Crippen LogP contribution in [-0.4, -0.2) is 17.4 Å². The van der Waals surface area contributed by atoms with Gasteiger partial charge in [0.25, 0.3) is 5.91 Å². The highest BCUT2D eigenvalue weighted by Gasteiger charge is 2.07. The van der Waals surface area contributed by atoms with Gasteiger partial charge in [0.05, 0.1) is 0 Å². The van der Waals surface area contributed by atoms with Gasteiger partial charge < -0.3 is 11.1 Å². The lowest BCUT2D eigenvalue weighted by molar-refractivity contribution is 0.0952. The second-order valence-electron chi connectivity index (χ2n) is 4.04. The summed E-state index contributed by atoms with van der Waals surface area (Å²) in [5, 5.41) is 3.03. The summed E-state index contributed by atoms with van der Waals surface area (Å²) >= 11 is 5.71. The molecule has 0 fully saturated rings. The number of carbonyl (C=O) groups is 1. The molecule has 5 heteroatoms. The van der Waals surface area contributed by atoms with E-state index in [1.165, 1.54) is 12.1 Å². The number of anilines is 1. The molecule has 0 aliphatic carbocycles. The SMILES string of the molecule is CC(C)CCNC(=O)c1cc(N)nc(Cl)c1. The summed E-state index contributed by atoms with van der Waals surface area (Å²) in [4.78, 5) is 15.5. The summed E-state index contributed by atoms with van der Waals surface area (Å²) in [5.41, 5.74) is 5.94. The number of hydrogen-bond donors (Lipinski definition) is 2. The molecule has 4 nitrogen and oxygen atoms in total. The Morgan fingerprint density at radius 3 is 2.81 bits per heavy atom. The quantitative estimate of drug-likeness (QED) is 0.794. The van der Waals surface area contributed by atoms with Crippen molar-refractivity contribution in [3.8, 4) is 0 Å². The molecule has 1 rings (SSSR count). The molecule has 3 N–H and O–H groups in total. The van der Waals surface area contributed by atoms with Crippen LogP contribution in [-0.2, 0) is 0 Å². The summed E-state index contributed by atoms with van der Waals surface area (Å²) in [6.45, 7) is 4.86. The third-order valence-electron chi connectivity index (χ3n) is 2.08. The maximum atomic E-state index is 11.7. The Labute approximate surface area is 100 Å². The van der Waals surface area contributed by atoms with Crippen molar-refractivity contribution in [2.75, 3.05) is 12.3 Å². The van der Waals surface area contributed by atoms with Crippen molar-refractivity contribution in [3.05, 3.63) is 22.8 Å². The molecule has 0 atom stereocenters. The molecular formula is C11H16ClN3O. The number of pyridine rings is 1. The number of nitrogen functional groups attached to an aromatic ring is 1. The van der Waals surface area contributed by atoms with Gasteiger partial charge in [0.15, 0.2) is 0 Å². The van der Waals surface area contributed by atoms with E-state index in [2.05, 4.69) is 24.1 Å². The Hall–Kier alpha value is -1.29. The number of nitrogens with zero attached hydrogens (tertiary/aromatic N) is 1. The lowest BCUT2D eigenvalue weighted by Crippen LogP contribution is -2.25. The molecule has 0 unspecified atom stereocenters. The number of nitrogens with one attached hydrogen (secondary N) is 1. The number of hydrogen-bond acceptors (Lipinski definition) is 3. The average molecular weight is 242 g/mol. The van der Waals surface area contributed by atoms with Gasteiger partial charge in [-0.2, -0.15) is 0 Å². The first-order valence-electron chi connectivity index (χ1n) is 5.20. The topological polar surface area (TPSA) is 68.0 Å². The zero-order valence-corrected chi connectivity index (χ0v) is 10.2. The molecule has 0 saturated heterocycles. The van der Waals surface area contributed by atoms with Crippen LogP contribution in [0.2, 0.25) is 5.15 Å². The lowest BCUT2D eigenvalue weighted by Gasteiger charge is -2.07. The molecular weight excluding hydrogens is 226 g/mol. The molecule has 0 saturated carbocycles. The smallest absolute Gasteiger partial charge is 0.251 e. The average Bonchev–Trinajstić information content (AvgIpc) is 2.15. The first-order chi connectivity index (χ1) is 7.49. The Bertz CT molecular complexity index is 359. The van der Waals surface area contributed by atoms with Gasteiger partial charge in [-0.25, -0.2) is 4.98 Å². The second kappa shape index (κ2) is 5.70. The number of rotatable bonds is 4. The maximum absolute atomic E-state index is 11.7. The zero-order chi connectivity index (χ0) is 12.1. The highest BCUT2D eigenvalue weighted by Crippen LogP contribution is 2.12. The molecule has 0 aliphatic heterocycles. The summed E-state index contributed by atoms with van der Waals surface area (Å²) in [5.74, 6) is 0.643. The van der Waals surface area contributed by atoms with Crippen molar-refractivity contribution in [2.24, 2.45) is 5.92 Å². The Balaban J connectivity index is 2.59. The van der Waals surface area contributed by atoms with Crippen molar-refractivity contribution in [2.45, 2.75) is 20.3 Å². The minimum absolute atomic E-state index is 0.170. The van der Waals surface area contributed by atoms with Gasteiger partial charge in [0, 0.05) is 12.1 Å². The molecule has 1 heterocycles. The van der Waals surface area contributed by atoms with Crippen LogP contribution < -0.4 is 11.1 Å². The van der Waals surface area contributed by atoms with E-state index in [4.69, 9.17) is 17.3 Å². The van der Waals surface area contributed by atoms with Crippen LogP contribution in [0.15, 0.2) is 12.1 Å². The maximum Gasteiger partial charge on any atom is 0.251 e. The predicted octanol–water partition coefficient (Wildman–Crippen LogP) is 2.09. The van der Waals surface area contributed by atoms with Crippen LogP contribution in [0.3, 0.4) is 0 Å². The van der Waals surface area contributed by atoms with Crippen molar-refractivity contribution in [1.29, 1.82) is 0 Å².